The molecule has 43 valence electrons. The summed E-state index contributed by atoms with van der Waals surface area (Å²) in [6.45, 7) is 1.08. The molecule has 0 saturated carbocycles. The van der Waals surface area contributed by atoms with Gasteiger partial charge in [0, 0.05) is 39.6 Å². The molecule has 0 amide bonds. The first-order chi connectivity index (χ1) is 1.73. The second-order valence-corrected chi connectivity index (χ2v) is 0.519. The van der Waals surface area contributed by atoms with Gasteiger partial charge in [-0.2, -0.15) is 0 Å². The van der Waals surface area contributed by atoms with Crippen LogP contribution in [0.5, 0.6) is 0 Å². The Kier molecular flexibility index (Phi) is 59.0. The summed E-state index contributed by atoms with van der Waals surface area (Å²) in [5.74, 6) is -0.833. The van der Waals surface area contributed by atoms with Crippen LogP contribution in [0.25, 0.3) is 0 Å². The summed E-state index contributed by atoms with van der Waals surface area (Å²) < 4.78 is 0. The molecule has 0 aliphatic rings. The normalized spacial score (nSPS) is 3.57. The number of aliphatic carboxylic acids is 1. The third-order valence-corrected chi connectivity index (χ3v) is 0. The predicted molar refractivity (Wildman–Crippen MR) is 24.7 cm³/mol. The minimum absolute atomic E-state index is 0. The fourth-order valence-electron chi connectivity index (χ4n) is 0. The summed E-state index contributed by atoms with van der Waals surface area (Å²) in [7, 11) is 0. The van der Waals surface area contributed by atoms with E-state index in [-0.39, 0.29) is 46.3 Å². The SMILES string of the molecule is CC(=O)O.N.[CH3-].[Y]. The topological polar surface area (TPSA) is 72.3 Å². The molecule has 0 unspecified atom stereocenters. The van der Waals surface area contributed by atoms with Crippen molar-refractivity contribution in [2.45, 2.75) is 6.92 Å². The molecule has 0 aliphatic carbocycles. The van der Waals surface area contributed by atoms with E-state index in [9.17, 15) is 0 Å². The molecule has 3 nitrogen and oxygen atoms in total. The van der Waals surface area contributed by atoms with Crippen LogP contribution in [0, 0.1) is 7.43 Å². The molecule has 4 N–H and O–H groups in total. The Balaban J connectivity index is -0.0000000150. The first-order valence-corrected chi connectivity index (χ1v) is 0.928. The zero-order valence-corrected chi connectivity index (χ0v) is 7.48. The number of rotatable bonds is 0. The van der Waals surface area contributed by atoms with Gasteiger partial charge >= 0.3 is 0 Å². The Bertz CT molecular complexity index is 35.9. The molecular weight excluding hydrogens is 171 g/mol. The van der Waals surface area contributed by atoms with E-state index < -0.39 is 5.97 Å². The van der Waals surface area contributed by atoms with Crippen molar-refractivity contribution in [1.29, 1.82) is 0 Å². The second kappa shape index (κ2) is 16.0. The molecule has 0 aromatic carbocycles. The van der Waals surface area contributed by atoms with Crippen LogP contribution in [0.1, 0.15) is 6.92 Å². The van der Waals surface area contributed by atoms with Crippen LogP contribution < -0.4 is 6.15 Å². The fourth-order valence-corrected chi connectivity index (χ4v) is 0. The van der Waals surface area contributed by atoms with Gasteiger partial charge in [-0.1, -0.05) is 0 Å². The quantitative estimate of drug-likeness (QED) is 0.540. The Morgan fingerprint density at radius 2 is 1.57 bits per heavy atom. The van der Waals surface area contributed by atoms with Crippen molar-refractivity contribution in [1.82, 2.24) is 6.15 Å². The van der Waals surface area contributed by atoms with E-state index in [2.05, 4.69) is 0 Å². The molecule has 7 heavy (non-hydrogen) atoms. The average Bonchev–Trinajstić information content (AvgIpc) is 0.811. The average molecular weight is 181 g/mol. The van der Waals surface area contributed by atoms with Gasteiger partial charge in [0.2, 0.25) is 0 Å². The molecular formula is C3H10NO2Y-. The largest absolute Gasteiger partial charge is 0.481 e. The van der Waals surface area contributed by atoms with Crippen LogP contribution in [0.4, 0.5) is 0 Å². The van der Waals surface area contributed by atoms with Gasteiger partial charge in [-0.15, -0.1) is 0 Å². The van der Waals surface area contributed by atoms with E-state index in [4.69, 9.17) is 9.90 Å². The summed E-state index contributed by atoms with van der Waals surface area (Å²) in [5, 5.41) is 7.42. The molecule has 0 atom stereocenters. The third-order valence-electron chi connectivity index (χ3n) is 0. The fraction of sp³-hybridized carbons (Fsp3) is 0.333. The van der Waals surface area contributed by atoms with Crippen LogP contribution in [0.15, 0.2) is 0 Å². The number of carboxylic acid groups (broad SMARTS) is 1. The van der Waals surface area contributed by atoms with Crippen molar-refractivity contribution in [3.8, 4) is 0 Å². The van der Waals surface area contributed by atoms with Gasteiger partial charge in [-0.3, -0.25) is 4.79 Å². The summed E-state index contributed by atoms with van der Waals surface area (Å²) >= 11 is 0. The molecule has 0 bridgehead atoms. The van der Waals surface area contributed by atoms with Crippen LogP contribution in [-0.2, 0) is 37.5 Å². The maximum Gasteiger partial charge on any atom is 0.300 e. The molecule has 0 saturated heterocycles. The van der Waals surface area contributed by atoms with E-state index >= 15 is 0 Å². The van der Waals surface area contributed by atoms with E-state index in [1.165, 1.54) is 0 Å². The maximum atomic E-state index is 9.00. The molecule has 0 aliphatic heterocycles. The first-order valence-electron chi connectivity index (χ1n) is 0.928. The number of hydrogen-bond acceptors (Lipinski definition) is 2. The van der Waals surface area contributed by atoms with Crippen molar-refractivity contribution >= 4 is 5.97 Å². The molecule has 1 radical (unpaired) electrons. The zero-order chi connectivity index (χ0) is 3.58. The van der Waals surface area contributed by atoms with E-state index in [1.807, 2.05) is 0 Å². The number of carboxylic acids is 1. The van der Waals surface area contributed by atoms with Crippen LogP contribution in [0.3, 0.4) is 0 Å². The number of hydrogen-bond donors (Lipinski definition) is 2. The monoisotopic (exact) mass is 181 g/mol. The molecule has 0 heterocycles. The van der Waals surface area contributed by atoms with Gasteiger partial charge in [0.25, 0.3) is 5.97 Å². The number of carbonyl (C=O) groups is 1. The summed E-state index contributed by atoms with van der Waals surface area (Å²) in [5.41, 5.74) is 0. The molecule has 0 rings (SSSR count). The van der Waals surface area contributed by atoms with Gasteiger partial charge in [0.1, 0.15) is 0 Å². The van der Waals surface area contributed by atoms with Crippen LogP contribution in [0.2, 0.25) is 0 Å². The maximum absolute atomic E-state index is 9.00. The Morgan fingerprint density at radius 1 is 1.57 bits per heavy atom. The van der Waals surface area contributed by atoms with Crippen molar-refractivity contribution in [2.24, 2.45) is 0 Å². The van der Waals surface area contributed by atoms with Crippen molar-refractivity contribution in [2.75, 3.05) is 0 Å². The second-order valence-electron chi connectivity index (χ2n) is 0.519. The van der Waals surface area contributed by atoms with Gasteiger partial charge in [-0.25, -0.2) is 0 Å². The van der Waals surface area contributed by atoms with Gasteiger partial charge < -0.3 is 18.7 Å². The molecule has 0 spiro atoms. The minimum atomic E-state index is -0.833. The van der Waals surface area contributed by atoms with Crippen molar-refractivity contribution < 1.29 is 42.6 Å². The van der Waals surface area contributed by atoms with E-state index in [0.29, 0.717) is 0 Å². The zero-order valence-electron chi connectivity index (χ0n) is 4.64. The van der Waals surface area contributed by atoms with E-state index in [1.54, 1.807) is 0 Å². The third kappa shape index (κ3) is 471. The van der Waals surface area contributed by atoms with Gasteiger partial charge in [-0.05, 0) is 0 Å². The van der Waals surface area contributed by atoms with Crippen LogP contribution in [-0.4, -0.2) is 11.1 Å². The standard InChI is InChI=1S/C2H4O2.CH3.H3N.Y/c1-2(3)4;;;/h1H3,(H,3,4);2*1H3;/q;-1;;. The Morgan fingerprint density at radius 3 is 1.57 bits per heavy atom. The van der Waals surface area contributed by atoms with Gasteiger partial charge in [0.15, 0.2) is 0 Å². The molecule has 4 heteroatoms. The van der Waals surface area contributed by atoms with Crippen LogP contribution >= 0.6 is 0 Å². The summed E-state index contributed by atoms with van der Waals surface area (Å²) in [6, 6.07) is 0. The van der Waals surface area contributed by atoms with Crippen molar-refractivity contribution in [3.63, 3.8) is 0 Å². The minimum Gasteiger partial charge on any atom is -0.481 e. The molecule has 0 aromatic rings. The smallest absolute Gasteiger partial charge is 0.300 e. The summed E-state index contributed by atoms with van der Waals surface area (Å²) in [6.07, 6.45) is 0. The van der Waals surface area contributed by atoms with E-state index in [0.717, 1.165) is 6.92 Å². The first kappa shape index (κ1) is 25.8. The Labute approximate surface area is 69.0 Å². The molecule has 0 aromatic heterocycles. The van der Waals surface area contributed by atoms with Crippen molar-refractivity contribution in [3.05, 3.63) is 7.43 Å². The predicted octanol–water partition coefficient (Wildman–Crippen LogP) is 0.701. The Hall–Kier alpha value is 0.534. The molecule has 0 fully saturated rings. The summed E-state index contributed by atoms with van der Waals surface area (Å²) in [4.78, 5) is 9.00. The van der Waals surface area contributed by atoms with Gasteiger partial charge in [0.05, 0.1) is 0 Å².